The predicted molar refractivity (Wildman–Crippen MR) is 66.9 cm³/mol. The molecule has 1 aliphatic carbocycles. The third kappa shape index (κ3) is 2.13. The van der Waals surface area contributed by atoms with E-state index in [4.69, 9.17) is 0 Å². The molecule has 0 saturated heterocycles. The fraction of sp³-hybridized carbons (Fsp3) is 0.200. The number of alkyl halides is 3. The quantitative estimate of drug-likeness (QED) is 0.663. The van der Waals surface area contributed by atoms with Crippen LogP contribution in [0.2, 0.25) is 0 Å². The van der Waals surface area contributed by atoms with Gasteiger partial charge in [0.15, 0.2) is 0 Å². The van der Waals surface area contributed by atoms with Crippen LogP contribution < -0.4 is 0 Å². The van der Waals surface area contributed by atoms with E-state index in [0.717, 1.165) is 17.2 Å². The maximum atomic E-state index is 13.0. The number of allylic oxidation sites excluding steroid dienone is 5. The minimum absolute atomic E-state index is 0.0965. The molecule has 0 heterocycles. The van der Waals surface area contributed by atoms with E-state index in [-0.39, 0.29) is 6.42 Å². The van der Waals surface area contributed by atoms with Crippen LogP contribution in [-0.4, -0.2) is 6.18 Å². The van der Waals surface area contributed by atoms with Crippen molar-refractivity contribution >= 4 is 5.57 Å². The highest BCUT2D eigenvalue weighted by Crippen LogP contribution is 2.46. The van der Waals surface area contributed by atoms with Crippen molar-refractivity contribution in [3.8, 4) is 0 Å². The van der Waals surface area contributed by atoms with Gasteiger partial charge >= 0.3 is 6.18 Å². The Morgan fingerprint density at radius 2 is 1.83 bits per heavy atom. The summed E-state index contributed by atoms with van der Waals surface area (Å²) in [6.45, 7) is 3.32. The molecule has 1 aromatic rings. The molecule has 0 aromatic heterocycles. The van der Waals surface area contributed by atoms with Gasteiger partial charge in [0.2, 0.25) is 0 Å². The van der Waals surface area contributed by atoms with Gasteiger partial charge in [-0.15, -0.1) is 6.58 Å². The maximum absolute atomic E-state index is 13.0. The molecule has 0 amide bonds. The third-order valence-corrected chi connectivity index (χ3v) is 3.22. The van der Waals surface area contributed by atoms with Gasteiger partial charge in [-0.2, -0.15) is 13.2 Å². The van der Waals surface area contributed by atoms with Gasteiger partial charge in [0.25, 0.3) is 0 Å². The Morgan fingerprint density at radius 3 is 2.28 bits per heavy atom. The summed E-state index contributed by atoms with van der Waals surface area (Å²) in [4.78, 5) is 0. The third-order valence-electron chi connectivity index (χ3n) is 3.22. The van der Waals surface area contributed by atoms with Crippen molar-refractivity contribution in [2.75, 3.05) is 0 Å². The van der Waals surface area contributed by atoms with Crippen molar-refractivity contribution < 1.29 is 13.2 Å². The zero-order valence-corrected chi connectivity index (χ0v) is 9.74. The normalized spacial score (nSPS) is 23.6. The fourth-order valence-electron chi connectivity index (χ4n) is 1.98. The lowest BCUT2D eigenvalue weighted by Crippen LogP contribution is -2.34. The molecule has 3 heteroatoms. The minimum atomic E-state index is -4.30. The first-order chi connectivity index (χ1) is 8.48. The Balaban J connectivity index is 2.29. The monoisotopic (exact) mass is 250 g/mol. The molecule has 0 spiro atoms. The van der Waals surface area contributed by atoms with E-state index in [0.29, 0.717) is 0 Å². The van der Waals surface area contributed by atoms with Gasteiger partial charge in [0, 0.05) is 0 Å². The highest BCUT2D eigenvalue weighted by atomic mass is 19.4. The Labute approximate surface area is 104 Å². The van der Waals surface area contributed by atoms with E-state index in [2.05, 4.69) is 6.58 Å². The van der Waals surface area contributed by atoms with Gasteiger partial charge in [0.05, 0.1) is 0 Å². The lowest BCUT2D eigenvalue weighted by Gasteiger charge is -2.31. The molecular formula is C15H13F3. The Bertz CT molecular complexity index is 494. The molecule has 0 radical (unpaired) electrons. The fourth-order valence-corrected chi connectivity index (χ4v) is 1.98. The van der Waals surface area contributed by atoms with Gasteiger partial charge in [-0.3, -0.25) is 0 Å². The summed E-state index contributed by atoms with van der Waals surface area (Å²) in [5.74, 6) is 0. The molecule has 1 aliphatic rings. The molecule has 0 N–H and O–H groups in total. The van der Waals surface area contributed by atoms with Crippen LogP contribution in [0.4, 0.5) is 13.2 Å². The summed E-state index contributed by atoms with van der Waals surface area (Å²) in [5.41, 5.74) is -0.184. The zero-order valence-electron chi connectivity index (χ0n) is 9.74. The molecule has 1 aromatic carbocycles. The molecule has 0 bridgehead atoms. The molecule has 94 valence electrons. The molecule has 0 aliphatic heterocycles. The SMILES string of the molecule is C=CC1(C(F)(F)F)C=CC(c2ccccc2)=CC1. The average molecular weight is 250 g/mol. The van der Waals surface area contributed by atoms with Crippen molar-refractivity contribution in [2.45, 2.75) is 12.6 Å². The highest BCUT2D eigenvalue weighted by Gasteiger charge is 2.50. The van der Waals surface area contributed by atoms with E-state index in [9.17, 15) is 13.2 Å². The molecule has 0 saturated carbocycles. The Morgan fingerprint density at radius 1 is 1.17 bits per heavy atom. The summed E-state index contributed by atoms with van der Waals surface area (Å²) in [7, 11) is 0. The van der Waals surface area contributed by atoms with Crippen molar-refractivity contribution in [1.29, 1.82) is 0 Å². The second-order valence-corrected chi connectivity index (χ2v) is 4.31. The van der Waals surface area contributed by atoms with Crippen LogP contribution in [-0.2, 0) is 0 Å². The first-order valence-corrected chi connectivity index (χ1v) is 5.64. The van der Waals surface area contributed by atoms with Gasteiger partial charge in [-0.25, -0.2) is 0 Å². The number of benzene rings is 1. The van der Waals surface area contributed by atoms with Crippen LogP contribution in [0.5, 0.6) is 0 Å². The van der Waals surface area contributed by atoms with Crippen LogP contribution >= 0.6 is 0 Å². The lowest BCUT2D eigenvalue weighted by molar-refractivity contribution is -0.188. The molecule has 1 atom stereocenters. The largest absolute Gasteiger partial charge is 0.401 e. The Hall–Kier alpha value is -1.77. The van der Waals surface area contributed by atoms with Crippen molar-refractivity contribution in [1.82, 2.24) is 0 Å². The van der Waals surface area contributed by atoms with E-state index < -0.39 is 11.6 Å². The zero-order chi connectivity index (χ0) is 13.2. The summed E-state index contributed by atoms with van der Waals surface area (Å²) < 4.78 is 38.9. The van der Waals surface area contributed by atoms with Crippen molar-refractivity contribution in [3.05, 3.63) is 66.8 Å². The second kappa shape index (κ2) is 4.48. The van der Waals surface area contributed by atoms with Gasteiger partial charge in [-0.05, 0) is 17.6 Å². The summed E-state index contributed by atoms with van der Waals surface area (Å²) in [6, 6.07) is 9.36. The molecule has 18 heavy (non-hydrogen) atoms. The molecule has 1 unspecified atom stereocenters. The number of hydrogen-bond donors (Lipinski definition) is 0. The number of hydrogen-bond acceptors (Lipinski definition) is 0. The average Bonchev–Trinajstić information content (AvgIpc) is 2.38. The standard InChI is InChI=1S/C15H13F3/c1-2-14(15(16,17)18)10-8-13(9-11-14)12-6-4-3-5-7-12/h2-10H,1,11H2. The Kier molecular flexibility index (Phi) is 3.16. The number of halogens is 3. The second-order valence-electron chi connectivity index (χ2n) is 4.31. The topological polar surface area (TPSA) is 0 Å². The van der Waals surface area contributed by atoms with Crippen LogP contribution in [0, 0.1) is 5.41 Å². The van der Waals surface area contributed by atoms with Gasteiger partial charge in [-0.1, -0.05) is 54.6 Å². The predicted octanol–water partition coefficient (Wildman–Crippen LogP) is 4.76. The van der Waals surface area contributed by atoms with E-state index in [1.165, 1.54) is 12.2 Å². The van der Waals surface area contributed by atoms with Crippen molar-refractivity contribution in [3.63, 3.8) is 0 Å². The lowest BCUT2D eigenvalue weighted by atomic mass is 9.78. The minimum Gasteiger partial charge on any atom is -0.170 e. The first kappa shape index (κ1) is 12.7. The van der Waals surface area contributed by atoms with Crippen LogP contribution in [0.25, 0.3) is 5.57 Å². The molecule has 2 rings (SSSR count). The maximum Gasteiger partial charge on any atom is 0.401 e. The van der Waals surface area contributed by atoms with E-state index >= 15 is 0 Å². The van der Waals surface area contributed by atoms with Gasteiger partial charge < -0.3 is 0 Å². The van der Waals surface area contributed by atoms with Crippen LogP contribution in [0.15, 0.2) is 61.2 Å². The molecular weight excluding hydrogens is 237 g/mol. The van der Waals surface area contributed by atoms with Crippen LogP contribution in [0.3, 0.4) is 0 Å². The van der Waals surface area contributed by atoms with Crippen molar-refractivity contribution in [2.24, 2.45) is 5.41 Å². The first-order valence-electron chi connectivity index (χ1n) is 5.64. The summed E-state index contributed by atoms with van der Waals surface area (Å²) in [6.07, 6.45) is 0.910. The van der Waals surface area contributed by atoms with E-state index in [1.807, 2.05) is 30.3 Å². The molecule has 0 fully saturated rings. The van der Waals surface area contributed by atoms with E-state index in [1.54, 1.807) is 6.08 Å². The highest BCUT2D eigenvalue weighted by molar-refractivity contribution is 5.75. The number of rotatable bonds is 2. The van der Waals surface area contributed by atoms with Gasteiger partial charge in [0.1, 0.15) is 5.41 Å². The summed E-state index contributed by atoms with van der Waals surface area (Å²) >= 11 is 0. The smallest absolute Gasteiger partial charge is 0.170 e. The molecule has 0 nitrogen and oxygen atoms in total. The van der Waals surface area contributed by atoms with Crippen LogP contribution in [0.1, 0.15) is 12.0 Å². The summed E-state index contributed by atoms with van der Waals surface area (Å²) in [5, 5.41) is 0.